The molecule has 5 heteroatoms. The van der Waals surface area contributed by atoms with Crippen molar-refractivity contribution in [2.24, 2.45) is 0 Å². The van der Waals surface area contributed by atoms with E-state index in [1.165, 1.54) is 36.9 Å². The second-order valence-corrected chi connectivity index (χ2v) is 5.59. The minimum absolute atomic E-state index is 0.605. The third-order valence-electron chi connectivity index (χ3n) is 4.22. The second-order valence-electron chi connectivity index (χ2n) is 5.59. The van der Waals surface area contributed by atoms with Crippen LogP contribution in [0, 0.1) is 6.92 Å². The highest BCUT2D eigenvalue weighted by atomic mass is 15.3. The summed E-state index contributed by atoms with van der Waals surface area (Å²) in [6.45, 7) is 5.94. The van der Waals surface area contributed by atoms with Gasteiger partial charge in [0.05, 0.1) is 36.4 Å². The SMILES string of the molecule is CCn1ncc(C)c1CNc1cnn(C2CCCC2)c1. The first-order valence-corrected chi connectivity index (χ1v) is 7.57. The first kappa shape index (κ1) is 13.2. The first-order valence-electron chi connectivity index (χ1n) is 7.57. The van der Waals surface area contributed by atoms with Crippen molar-refractivity contribution in [1.82, 2.24) is 19.6 Å². The maximum absolute atomic E-state index is 4.49. The Morgan fingerprint density at radius 3 is 2.80 bits per heavy atom. The smallest absolute Gasteiger partial charge is 0.0729 e. The molecule has 0 unspecified atom stereocenters. The average Bonchev–Trinajstić information content (AvgIpc) is 3.17. The summed E-state index contributed by atoms with van der Waals surface area (Å²) in [5.74, 6) is 0. The molecule has 2 aromatic rings. The zero-order valence-corrected chi connectivity index (χ0v) is 12.3. The number of nitrogens with zero attached hydrogens (tertiary/aromatic N) is 4. The summed E-state index contributed by atoms with van der Waals surface area (Å²) in [4.78, 5) is 0. The van der Waals surface area contributed by atoms with Gasteiger partial charge in [-0.1, -0.05) is 12.8 Å². The van der Waals surface area contributed by atoms with Gasteiger partial charge < -0.3 is 5.32 Å². The maximum Gasteiger partial charge on any atom is 0.0729 e. The van der Waals surface area contributed by atoms with Crippen LogP contribution >= 0.6 is 0 Å². The standard InChI is InChI=1S/C15H23N5/c1-3-19-15(12(2)8-17-19)10-16-13-9-18-20(11-13)14-6-4-5-7-14/h8-9,11,14,16H,3-7,10H2,1-2H3. The highest BCUT2D eigenvalue weighted by Crippen LogP contribution is 2.29. The molecular formula is C15H23N5. The normalized spacial score (nSPS) is 15.9. The molecule has 0 bridgehead atoms. The Hall–Kier alpha value is -1.78. The van der Waals surface area contributed by atoms with Crippen LogP contribution in [-0.2, 0) is 13.1 Å². The molecule has 0 saturated heterocycles. The highest BCUT2D eigenvalue weighted by Gasteiger charge is 2.17. The lowest BCUT2D eigenvalue weighted by molar-refractivity contribution is 0.467. The summed E-state index contributed by atoms with van der Waals surface area (Å²) >= 11 is 0. The van der Waals surface area contributed by atoms with Gasteiger partial charge in [0.15, 0.2) is 0 Å². The fourth-order valence-electron chi connectivity index (χ4n) is 2.99. The van der Waals surface area contributed by atoms with E-state index < -0.39 is 0 Å². The van der Waals surface area contributed by atoms with Gasteiger partial charge in [0.1, 0.15) is 0 Å². The first-order chi connectivity index (χ1) is 9.78. The molecule has 20 heavy (non-hydrogen) atoms. The fourth-order valence-corrected chi connectivity index (χ4v) is 2.99. The molecule has 0 amide bonds. The molecule has 1 N–H and O–H groups in total. The molecule has 1 aliphatic carbocycles. The molecule has 1 saturated carbocycles. The Morgan fingerprint density at radius 1 is 1.25 bits per heavy atom. The van der Waals surface area contributed by atoms with Crippen molar-refractivity contribution in [3.8, 4) is 0 Å². The summed E-state index contributed by atoms with van der Waals surface area (Å²) in [6.07, 6.45) is 11.2. The lowest BCUT2D eigenvalue weighted by atomic mass is 10.2. The molecule has 3 rings (SSSR count). The van der Waals surface area contributed by atoms with E-state index in [-0.39, 0.29) is 0 Å². The molecule has 1 aliphatic rings. The minimum atomic E-state index is 0.605. The number of nitrogens with one attached hydrogen (secondary N) is 1. The van der Waals surface area contributed by atoms with Gasteiger partial charge in [-0.3, -0.25) is 9.36 Å². The lowest BCUT2D eigenvalue weighted by Crippen LogP contribution is -2.09. The van der Waals surface area contributed by atoms with Crippen molar-refractivity contribution in [2.75, 3.05) is 5.32 Å². The summed E-state index contributed by atoms with van der Waals surface area (Å²) < 4.78 is 4.17. The number of hydrogen-bond acceptors (Lipinski definition) is 3. The third-order valence-corrected chi connectivity index (χ3v) is 4.22. The van der Waals surface area contributed by atoms with Crippen LogP contribution in [-0.4, -0.2) is 19.6 Å². The van der Waals surface area contributed by atoms with Gasteiger partial charge in [-0.2, -0.15) is 10.2 Å². The van der Waals surface area contributed by atoms with Crippen molar-refractivity contribution in [3.05, 3.63) is 29.8 Å². The molecule has 5 nitrogen and oxygen atoms in total. The Balaban J connectivity index is 1.65. The fraction of sp³-hybridized carbons (Fsp3) is 0.600. The van der Waals surface area contributed by atoms with Crippen LogP contribution in [0.4, 0.5) is 5.69 Å². The van der Waals surface area contributed by atoms with Gasteiger partial charge in [0.2, 0.25) is 0 Å². The van der Waals surface area contributed by atoms with Crippen LogP contribution in [0.15, 0.2) is 18.6 Å². The molecule has 2 heterocycles. The van der Waals surface area contributed by atoms with Gasteiger partial charge >= 0.3 is 0 Å². The molecule has 108 valence electrons. The molecule has 2 aromatic heterocycles. The summed E-state index contributed by atoms with van der Waals surface area (Å²) in [5, 5.41) is 12.3. The average molecular weight is 273 g/mol. The third kappa shape index (κ3) is 2.57. The Labute approximate surface area is 120 Å². The van der Waals surface area contributed by atoms with Crippen LogP contribution in [0.1, 0.15) is 49.9 Å². The van der Waals surface area contributed by atoms with E-state index in [4.69, 9.17) is 0 Å². The van der Waals surface area contributed by atoms with Gasteiger partial charge in [-0.15, -0.1) is 0 Å². The number of aromatic nitrogens is 4. The van der Waals surface area contributed by atoms with Crippen molar-refractivity contribution >= 4 is 5.69 Å². The zero-order chi connectivity index (χ0) is 13.9. The number of anilines is 1. The highest BCUT2D eigenvalue weighted by molar-refractivity contribution is 5.39. The van der Waals surface area contributed by atoms with Crippen LogP contribution in [0.5, 0.6) is 0 Å². The van der Waals surface area contributed by atoms with Gasteiger partial charge in [-0.05, 0) is 32.3 Å². The largest absolute Gasteiger partial charge is 0.377 e. The number of hydrogen-bond donors (Lipinski definition) is 1. The molecule has 1 fully saturated rings. The van der Waals surface area contributed by atoms with Crippen LogP contribution < -0.4 is 5.32 Å². The second kappa shape index (κ2) is 5.69. The van der Waals surface area contributed by atoms with E-state index in [0.29, 0.717) is 6.04 Å². The maximum atomic E-state index is 4.49. The minimum Gasteiger partial charge on any atom is -0.377 e. The topological polar surface area (TPSA) is 47.7 Å². The Kier molecular flexibility index (Phi) is 3.76. The van der Waals surface area contributed by atoms with Crippen LogP contribution in [0.3, 0.4) is 0 Å². The number of aryl methyl sites for hydroxylation is 2. The Bertz CT molecular complexity index is 563. The molecule has 0 aromatic carbocycles. The summed E-state index contributed by atoms with van der Waals surface area (Å²) in [6, 6.07) is 0.605. The van der Waals surface area contributed by atoms with Crippen LogP contribution in [0.25, 0.3) is 0 Å². The van der Waals surface area contributed by atoms with Crippen LogP contribution in [0.2, 0.25) is 0 Å². The van der Waals surface area contributed by atoms with E-state index in [0.717, 1.165) is 18.8 Å². The monoisotopic (exact) mass is 273 g/mol. The quantitative estimate of drug-likeness (QED) is 0.910. The Morgan fingerprint density at radius 2 is 2.05 bits per heavy atom. The lowest BCUT2D eigenvalue weighted by Gasteiger charge is -2.09. The van der Waals surface area contributed by atoms with Gasteiger partial charge in [0.25, 0.3) is 0 Å². The van der Waals surface area contributed by atoms with Crippen molar-refractivity contribution in [3.63, 3.8) is 0 Å². The van der Waals surface area contributed by atoms with Gasteiger partial charge in [0, 0.05) is 12.7 Å². The van der Waals surface area contributed by atoms with Crippen molar-refractivity contribution in [1.29, 1.82) is 0 Å². The molecule has 0 radical (unpaired) electrons. The predicted molar refractivity (Wildman–Crippen MR) is 79.7 cm³/mol. The van der Waals surface area contributed by atoms with E-state index in [1.54, 1.807) is 0 Å². The molecule has 0 atom stereocenters. The predicted octanol–water partition coefficient (Wildman–Crippen LogP) is 3.14. The van der Waals surface area contributed by atoms with Crippen molar-refractivity contribution in [2.45, 2.75) is 58.7 Å². The van der Waals surface area contributed by atoms with E-state index in [9.17, 15) is 0 Å². The molecule has 0 aliphatic heterocycles. The van der Waals surface area contributed by atoms with Crippen molar-refractivity contribution < 1.29 is 0 Å². The summed E-state index contributed by atoms with van der Waals surface area (Å²) in [7, 11) is 0. The number of rotatable bonds is 5. The molecule has 0 spiro atoms. The molecular weight excluding hydrogens is 250 g/mol. The zero-order valence-electron chi connectivity index (χ0n) is 12.3. The van der Waals surface area contributed by atoms with E-state index >= 15 is 0 Å². The van der Waals surface area contributed by atoms with Gasteiger partial charge in [-0.25, -0.2) is 0 Å². The van der Waals surface area contributed by atoms with E-state index in [1.807, 2.05) is 17.1 Å². The summed E-state index contributed by atoms with van der Waals surface area (Å²) in [5.41, 5.74) is 3.59. The van der Waals surface area contributed by atoms with E-state index in [2.05, 4.69) is 40.2 Å².